The normalized spacial score (nSPS) is 10.5. The largest absolute Gasteiger partial charge is 0.355 e. The minimum absolute atomic E-state index is 0.0580. The van der Waals surface area contributed by atoms with Crippen LogP contribution in [0.3, 0.4) is 0 Å². The van der Waals surface area contributed by atoms with Crippen molar-refractivity contribution in [3.8, 4) is 11.3 Å². The Balaban J connectivity index is 2.28. The van der Waals surface area contributed by atoms with Gasteiger partial charge in [0.1, 0.15) is 6.54 Å². The van der Waals surface area contributed by atoms with Crippen molar-refractivity contribution in [2.75, 3.05) is 6.54 Å². The molecule has 1 aromatic heterocycles. The first-order chi connectivity index (χ1) is 10.5. The van der Waals surface area contributed by atoms with E-state index < -0.39 is 0 Å². The number of aromatic nitrogens is 2. The lowest BCUT2D eigenvalue weighted by Gasteiger charge is -2.09. The molecule has 0 aliphatic carbocycles. The number of carbonyl (C=O) groups is 1. The summed E-state index contributed by atoms with van der Waals surface area (Å²) in [5, 5.41) is 7.05. The summed E-state index contributed by atoms with van der Waals surface area (Å²) in [7, 11) is 0. The fourth-order valence-corrected chi connectivity index (χ4v) is 2.07. The summed E-state index contributed by atoms with van der Waals surface area (Å²) in [6.45, 7) is 6.60. The predicted octanol–water partition coefficient (Wildman–Crippen LogP) is 2.05. The summed E-state index contributed by atoms with van der Waals surface area (Å²) in [6, 6.07) is 9.16. The summed E-state index contributed by atoms with van der Waals surface area (Å²) in [5.41, 5.74) is 3.71. The van der Waals surface area contributed by atoms with Gasteiger partial charge in [-0.3, -0.25) is 9.59 Å². The number of aryl methyl sites for hydroxylation is 2. The first-order valence-electron chi connectivity index (χ1n) is 7.43. The molecule has 0 unspecified atom stereocenters. The summed E-state index contributed by atoms with van der Waals surface area (Å²) in [4.78, 5) is 23.6. The van der Waals surface area contributed by atoms with Gasteiger partial charge >= 0.3 is 0 Å². The summed E-state index contributed by atoms with van der Waals surface area (Å²) < 4.78 is 1.20. The third-order valence-electron chi connectivity index (χ3n) is 3.53. The standard InChI is InChI=1S/C17H21N3O2/c1-4-9-18-16(21)11-20-17(22)8-7-15(19-20)14-6-5-12(2)13(3)10-14/h5-8,10H,4,9,11H2,1-3H3,(H,18,21). The number of benzene rings is 1. The second kappa shape index (κ2) is 7.02. The molecule has 2 rings (SSSR count). The van der Waals surface area contributed by atoms with Crippen LogP contribution in [0.4, 0.5) is 0 Å². The Morgan fingerprint density at radius 1 is 1.18 bits per heavy atom. The Labute approximate surface area is 130 Å². The summed E-state index contributed by atoms with van der Waals surface area (Å²) in [6.07, 6.45) is 0.858. The van der Waals surface area contributed by atoms with Crippen LogP contribution in [0.25, 0.3) is 11.3 Å². The van der Waals surface area contributed by atoms with Crippen LogP contribution in [-0.2, 0) is 11.3 Å². The van der Waals surface area contributed by atoms with Gasteiger partial charge in [-0.25, -0.2) is 4.68 Å². The lowest BCUT2D eigenvalue weighted by molar-refractivity contribution is -0.121. The molecule has 5 heteroatoms. The van der Waals surface area contributed by atoms with Gasteiger partial charge in [0.05, 0.1) is 5.69 Å². The topological polar surface area (TPSA) is 64.0 Å². The molecule has 0 saturated carbocycles. The van der Waals surface area contributed by atoms with Crippen molar-refractivity contribution in [2.24, 2.45) is 0 Å². The molecule has 116 valence electrons. The first kappa shape index (κ1) is 15.9. The molecule has 0 aliphatic rings. The highest BCUT2D eigenvalue weighted by molar-refractivity contribution is 5.75. The highest BCUT2D eigenvalue weighted by Crippen LogP contribution is 2.19. The Morgan fingerprint density at radius 2 is 1.95 bits per heavy atom. The van der Waals surface area contributed by atoms with Gasteiger partial charge in [0, 0.05) is 18.2 Å². The van der Waals surface area contributed by atoms with E-state index in [4.69, 9.17) is 0 Å². The second-order valence-corrected chi connectivity index (χ2v) is 5.36. The molecule has 2 aromatic rings. The van der Waals surface area contributed by atoms with Crippen LogP contribution >= 0.6 is 0 Å². The van der Waals surface area contributed by atoms with E-state index in [0.29, 0.717) is 12.2 Å². The highest BCUT2D eigenvalue weighted by atomic mass is 16.2. The fourth-order valence-electron chi connectivity index (χ4n) is 2.07. The van der Waals surface area contributed by atoms with Gasteiger partial charge in [0.2, 0.25) is 5.91 Å². The van der Waals surface area contributed by atoms with Crippen molar-refractivity contribution in [1.82, 2.24) is 15.1 Å². The average Bonchev–Trinajstić information content (AvgIpc) is 2.50. The van der Waals surface area contributed by atoms with Crippen LogP contribution in [0.5, 0.6) is 0 Å². The van der Waals surface area contributed by atoms with Gasteiger partial charge in [0.25, 0.3) is 5.56 Å². The number of nitrogens with one attached hydrogen (secondary N) is 1. The second-order valence-electron chi connectivity index (χ2n) is 5.36. The van der Waals surface area contributed by atoms with E-state index in [2.05, 4.69) is 10.4 Å². The molecule has 0 radical (unpaired) electrons. The number of hydrogen-bond donors (Lipinski definition) is 1. The smallest absolute Gasteiger partial charge is 0.267 e. The molecule has 0 spiro atoms. The van der Waals surface area contributed by atoms with Crippen LogP contribution in [-0.4, -0.2) is 22.2 Å². The molecule has 1 amide bonds. The molecule has 1 heterocycles. The van der Waals surface area contributed by atoms with E-state index in [-0.39, 0.29) is 18.0 Å². The minimum Gasteiger partial charge on any atom is -0.355 e. The maximum absolute atomic E-state index is 11.9. The highest BCUT2D eigenvalue weighted by Gasteiger charge is 2.08. The maximum Gasteiger partial charge on any atom is 0.267 e. The van der Waals surface area contributed by atoms with E-state index in [0.717, 1.165) is 17.5 Å². The fraction of sp³-hybridized carbons (Fsp3) is 0.353. The zero-order valence-corrected chi connectivity index (χ0v) is 13.2. The van der Waals surface area contributed by atoms with E-state index in [1.54, 1.807) is 6.07 Å². The van der Waals surface area contributed by atoms with Gasteiger partial charge in [0.15, 0.2) is 0 Å². The van der Waals surface area contributed by atoms with Crippen LogP contribution in [0.1, 0.15) is 24.5 Å². The van der Waals surface area contributed by atoms with Crippen molar-refractivity contribution >= 4 is 5.91 Å². The van der Waals surface area contributed by atoms with E-state index in [9.17, 15) is 9.59 Å². The van der Waals surface area contributed by atoms with Crippen molar-refractivity contribution < 1.29 is 4.79 Å². The lowest BCUT2D eigenvalue weighted by Crippen LogP contribution is -2.33. The number of carbonyl (C=O) groups excluding carboxylic acids is 1. The number of amides is 1. The van der Waals surface area contributed by atoms with Crippen molar-refractivity contribution in [1.29, 1.82) is 0 Å². The molecular weight excluding hydrogens is 278 g/mol. The predicted molar refractivity (Wildman–Crippen MR) is 86.7 cm³/mol. The zero-order valence-electron chi connectivity index (χ0n) is 13.2. The third-order valence-corrected chi connectivity index (χ3v) is 3.53. The SMILES string of the molecule is CCCNC(=O)Cn1nc(-c2ccc(C)c(C)c2)ccc1=O. The molecule has 0 bridgehead atoms. The molecule has 0 aliphatic heterocycles. The number of hydrogen-bond acceptors (Lipinski definition) is 3. The molecule has 1 aromatic carbocycles. The van der Waals surface area contributed by atoms with Gasteiger partial charge in [-0.2, -0.15) is 5.10 Å². The quantitative estimate of drug-likeness (QED) is 0.919. The Kier molecular flexibility index (Phi) is 5.09. The van der Waals surface area contributed by atoms with Crippen LogP contribution in [0, 0.1) is 13.8 Å². The summed E-state index contributed by atoms with van der Waals surface area (Å²) in [5.74, 6) is -0.200. The van der Waals surface area contributed by atoms with E-state index >= 15 is 0 Å². The van der Waals surface area contributed by atoms with Gasteiger partial charge in [-0.1, -0.05) is 19.1 Å². The van der Waals surface area contributed by atoms with E-state index in [1.807, 2.05) is 39.0 Å². The maximum atomic E-state index is 11.9. The number of nitrogens with zero attached hydrogens (tertiary/aromatic N) is 2. The Morgan fingerprint density at radius 3 is 2.64 bits per heavy atom. The molecule has 5 nitrogen and oxygen atoms in total. The molecule has 22 heavy (non-hydrogen) atoms. The van der Waals surface area contributed by atoms with Crippen molar-refractivity contribution in [3.05, 3.63) is 51.8 Å². The lowest BCUT2D eigenvalue weighted by atomic mass is 10.0. The third kappa shape index (κ3) is 3.81. The number of rotatable bonds is 5. The monoisotopic (exact) mass is 299 g/mol. The van der Waals surface area contributed by atoms with E-state index in [1.165, 1.54) is 16.3 Å². The average molecular weight is 299 g/mol. The van der Waals surface area contributed by atoms with Crippen LogP contribution < -0.4 is 10.9 Å². The van der Waals surface area contributed by atoms with Crippen molar-refractivity contribution in [3.63, 3.8) is 0 Å². The van der Waals surface area contributed by atoms with Crippen LogP contribution in [0.15, 0.2) is 35.1 Å². The summed E-state index contributed by atoms with van der Waals surface area (Å²) >= 11 is 0. The molecule has 0 fully saturated rings. The Bertz CT molecular complexity index is 735. The van der Waals surface area contributed by atoms with Crippen LogP contribution in [0.2, 0.25) is 0 Å². The van der Waals surface area contributed by atoms with Gasteiger partial charge in [-0.15, -0.1) is 0 Å². The van der Waals surface area contributed by atoms with Gasteiger partial charge < -0.3 is 5.32 Å². The minimum atomic E-state index is -0.278. The molecule has 0 saturated heterocycles. The van der Waals surface area contributed by atoms with Gasteiger partial charge in [-0.05, 0) is 43.5 Å². The Hall–Kier alpha value is -2.43. The zero-order chi connectivity index (χ0) is 16.1. The first-order valence-corrected chi connectivity index (χ1v) is 7.43. The molecular formula is C17H21N3O2. The molecule has 0 atom stereocenters. The van der Waals surface area contributed by atoms with Crippen molar-refractivity contribution in [2.45, 2.75) is 33.7 Å². The molecule has 1 N–H and O–H groups in total.